The predicted octanol–water partition coefficient (Wildman–Crippen LogP) is 1.16. The lowest BCUT2D eigenvalue weighted by Gasteiger charge is -2.39. The van der Waals surface area contributed by atoms with Crippen molar-refractivity contribution in [2.24, 2.45) is 0 Å². The first kappa shape index (κ1) is 20.0. The summed E-state index contributed by atoms with van der Waals surface area (Å²) in [5.41, 5.74) is 3.13. The molecule has 8 heteroatoms. The summed E-state index contributed by atoms with van der Waals surface area (Å²) >= 11 is 0. The molecule has 1 aliphatic rings. The molecule has 28 heavy (non-hydrogen) atoms. The van der Waals surface area contributed by atoms with Gasteiger partial charge in [-0.15, -0.1) is 0 Å². The fourth-order valence-electron chi connectivity index (χ4n) is 3.77. The topological polar surface area (TPSA) is 94.2 Å². The fourth-order valence-corrected chi connectivity index (χ4v) is 3.77. The Kier molecular flexibility index (Phi) is 5.79. The first-order chi connectivity index (χ1) is 13.3. The van der Waals surface area contributed by atoms with Gasteiger partial charge in [0.1, 0.15) is 17.8 Å². The molecule has 2 aromatic heterocycles. The zero-order valence-electron chi connectivity index (χ0n) is 17.2. The van der Waals surface area contributed by atoms with Crippen molar-refractivity contribution in [2.75, 3.05) is 31.6 Å². The Balaban J connectivity index is 1.79. The molecule has 3 heterocycles. The van der Waals surface area contributed by atoms with Gasteiger partial charge in [-0.05, 0) is 46.4 Å². The lowest BCUT2D eigenvalue weighted by Crippen LogP contribution is -2.51. The Morgan fingerprint density at radius 3 is 2.71 bits per heavy atom. The molecule has 150 valence electrons. The average molecular weight is 384 g/mol. The maximum absolute atomic E-state index is 12.8. The van der Waals surface area contributed by atoms with Gasteiger partial charge in [0.2, 0.25) is 0 Å². The van der Waals surface area contributed by atoms with E-state index in [9.17, 15) is 9.59 Å². The van der Waals surface area contributed by atoms with Crippen LogP contribution in [0.15, 0.2) is 17.2 Å². The van der Waals surface area contributed by atoms with Gasteiger partial charge in [-0.3, -0.25) is 9.59 Å². The van der Waals surface area contributed by atoms with Gasteiger partial charge in [-0.2, -0.15) is 0 Å². The van der Waals surface area contributed by atoms with Crippen LogP contribution in [-0.4, -0.2) is 58.5 Å². The van der Waals surface area contributed by atoms with E-state index in [2.05, 4.69) is 44.0 Å². The molecule has 2 aromatic rings. The second-order valence-corrected chi connectivity index (χ2v) is 7.60. The third-order valence-corrected chi connectivity index (χ3v) is 5.29. The first-order valence-electron chi connectivity index (χ1n) is 9.52. The Morgan fingerprint density at radius 1 is 1.29 bits per heavy atom. The summed E-state index contributed by atoms with van der Waals surface area (Å²) in [5, 5.41) is 2.83. The van der Waals surface area contributed by atoms with Crippen molar-refractivity contribution in [3.8, 4) is 0 Å². The van der Waals surface area contributed by atoms with E-state index in [4.69, 9.17) is 0 Å². The number of aromatic amines is 1. The predicted molar refractivity (Wildman–Crippen MR) is 109 cm³/mol. The van der Waals surface area contributed by atoms with Gasteiger partial charge in [-0.25, -0.2) is 9.97 Å². The zero-order valence-corrected chi connectivity index (χ0v) is 17.2. The number of carbonyl (C=O) groups is 1. The lowest BCUT2D eigenvalue weighted by molar-refractivity contribution is 0.0945. The molecule has 0 aromatic carbocycles. The highest BCUT2D eigenvalue weighted by Gasteiger charge is 2.26. The van der Waals surface area contributed by atoms with E-state index in [-0.39, 0.29) is 18.0 Å². The molecular formula is C20H28N6O2. The number of piperazine rings is 1. The number of amides is 1. The molecule has 1 atom stereocenters. The van der Waals surface area contributed by atoms with Crippen LogP contribution in [0.4, 0.5) is 5.82 Å². The van der Waals surface area contributed by atoms with Gasteiger partial charge in [0.05, 0.1) is 0 Å². The number of nitrogens with zero attached hydrogens (tertiary/aromatic N) is 4. The van der Waals surface area contributed by atoms with Crippen LogP contribution < -0.4 is 15.8 Å². The molecule has 8 nitrogen and oxygen atoms in total. The normalized spacial score (nSPS) is 17.6. The van der Waals surface area contributed by atoms with E-state index in [0.29, 0.717) is 17.3 Å². The van der Waals surface area contributed by atoms with E-state index < -0.39 is 0 Å². The number of carbonyl (C=O) groups excluding carboxylic acids is 1. The smallest absolute Gasteiger partial charge is 0.270 e. The third kappa shape index (κ3) is 4.06. The summed E-state index contributed by atoms with van der Waals surface area (Å²) in [6.45, 7) is 10.6. The zero-order chi connectivity index (χ0) is 20.4. The first-order valence-corrected chi connectivity index (χ1v) is 9.52. The van der Waals surface area contributed by atoms with Crippen molar-refractivity contribution in [2.45, 2.75) is 40.3 Å². The Labute approximate surface area is 165 Å². The fraction of sp³-hybridized carbons (Fsp3) is 0.500. The largest absolute Gasteiger partial charge is 0.351 e. The molecule has 0 unspecified atom stereocenters. The number of aromatic nitrogens is 3. The summed E-state index contributed by atoms with van der Waals surface area (Å²) in [6.07, 6.45) is 1.44. The quantitative estimate of drug-likeness (QED) is 0.822. The van der Waals surface area contributed by atoms with E-state index in [1.165, 1.54) is 6.33 Å². The highest BCUT2D eigenvalue weighted by Crippen LogP contribution is 2.23. The molecular weight excluding hydrogens is 356 g/mol. The van der Waals surface area contributed by atoms with Crippen molar-refractivity contribution in [3.63, 3.8) is 0 Å². The number of likely N-dealkylation sites (N-methyl/N-ethyl adjacent to an activating group) is 1. The van der Waals surface area contributed by atoms with Crippen LogP contribution in [0.1, 0.15) is 39.8 Å². The van der Waals surface area contributed by atoms with E-state index in [0.717, 1.165) is 42.3 Å². The molecule has 0 aliphatic carbocycles. The minimum absolute atomic E-state index is 0.157. The van der Waals surface area contributed by atoms with Crippen LogP contribution in [0.2, 0.25) is 0 Å². The van der Waals surface area contributed by atoms with Crippen LogP contribution in [0.25, 0.3) is 0 Å². The van der Waals surface area contributed by atoms with E-state index >= 15 is 0 Å². The molecule has 1 aliphatic heterocycles. The molecule has 0 saturated carbocycles. The summed E-state index contributed by atoms with van der Waals surface area (Å²) in [6, 6.07) is 2.20. The third-order valence-electron chi connectivity index (χ3n) is 5.29. The van der Waals surface area contributed by atoms with Gasteiger partial charge < -0.3 is 20.1 Å². The maximum Gasteiger partial charge on any atom is 0.270 e. The summed E-state index contributed by atoms with van der Waals surface area (Å²) in [5.74, 6) is 0.493. The van der Waals surface area contributed by atoms with Gasteiger partial charge in [-0.1, -0.05) is 0 Å². The molecule has 0 bridgehead atoms. The van der Waals surface area contributed by atoms with Crippen molar-refractivity contribution >= 4 is 11.7 Å². The van der Waals surface area contributed by atoms with Crippen molar-refractivity contribution in [1.82, 2.24) is 25.2 Å². The van der Waals surface area contributed by atoms with Crippen LogP contribution in [0, 0.1) is 20.8 Å². The minimum Gasteiger partial charge on any atom is -0.351 e. The van der Waals surface area contributed by atoms with E-state index in [1.54, 1.807) is 0 Å². The molecule has 1 saturated heterocycles. The lowest BCUT2D eigenvalue weighted by atomic mass is 10.1. The van der Waals surface area contributed by atoms with Gasteiger partial charge >= 0.3 is 0 Å². The number of rotatable bonds is 4. The van der Waals surface area contributed by atoms with Gasteiger partial charge in [0.25, 0.3) is 11.5 Å². The monoisotopic (exact) mass is 384 g/mol. The van der Waals surface area contributed by atoms with Crippen LogP contribution in [-0.2, 0) is 6.54 Å². The molecule has 1 fully saturated rings. The second-order valence-electron chi connectivity index (χ2n) is 7.60. The van der Waals surface area contributed by atoms with Gasteiger partial charge in [0.15, 0.2) is 0 Å². The number of nitrogens with one attached hydrogen (secondary N) is 2. The maximum atomic E-state index is 12.8. The van der Waals surface area contributed by atoms with Crippen molar-refractivity contribution in [1.29, 1.82) is 0 Å². The Morgan fingerprint density at radius 2 is 2.04 bits per heavy atom. The minimum atomic E-state index is -0.303. The summed E-state index contributed by atoms with van der Waals surface area (Å²) < 4.78 is 0. The van der Waals surface area contributed by atoms with E-state index in [1.807, 2.05) is 26.8 Å². The number of anilines is 1. The Bertz CT molecular complexity index is 939. The highest BCUT2D eigenvalue weighted by atomic mass is 16.2. The number of hydrogen-bond acceptors (Lipinski definition) is 6. The van der Waals surface area contributed by atoms with Crippen LogP contribution >= 0.6 is 0 Å². The highest BCUT2D eigenvalue weighted by molar-refractivity contribution is 5.94. The van der Waals surface area contributed by atoms with Crippen molar-refractivity contribution < 1.29 is 4.79 Å². The second kappa shape index (κ2) is 8.10. The SMILES string of the molecule is Cc1cc(C)c(CNC(=O)c2ncnc(N3CCN(C)C[C@@H]3C)c2C)c(=O)[nH]1. The summed E-state index contributed by atoms with van der Waals surface area (Å²) in [4.78, 5) is 40.8. The average Bonchev–Trinajstić information content (AvgIpc) is 2.61. The molecule has 0 radical (unpaired) electrons. The Hall–Kier alpha value is -2.74. The number of aryl methyl sites for hydroxylation is 2. The number of pyridine rings is 1. The van der Waals surface area contributed by atoms with Crippen molar-refractivity contribution in [3.05, 3.63) is 50.8 Å². The van der Waals surface area contributed by atoms with Crippen LogP contribution in [0.3, 0.4) is 0 Å². The number of H-pyrrole nitrogens is 1. The van der Waals surface area contributed by atoms with Gasteiger partial charge in [0, 0.05) is 49.0 Å². The molecule has 1 amide bonds. The standard InChI is InChI=1S/C20H28N6O2/c1-12-8-13(2)24-19(27)16(12)9-21-20(28)17-15(4)18(23-11-22-17)26-7-6-25(5)10-14(26)3/h8,11,14H,6-7,9-10H2,1-5H3,(H,21,28)(H,24,27)/t14-/m0/s1. The van der Waals surface area contributed by atoms with Crippen LogP contribution in [0.5, 0.6) is 0 Å². The molecule has 0 spiro atoms. The summed E-state index contributed by atoms with van der Waals surface area (Å²) in [7, 11) is 2.11. The number of hydrogen-bond donors (Lipinski definition) is 2. The molecule has 3 rings (SSSR count). The molecule has 2 N–H and O–H groups in total.